The van der Waals surface area contributed by atoms with Crippen LogP contribution in [0.3, 0.4) is 0 Å². The van der Waals surface area contributed by atoms with E-state index in [9.17, 15) is 13.5 Å². The van der Waals surface area contributed by atoms with Gasteiger partial charge in [-0.1, -0.05) is 23.7 Å². The fourth-order valence-electron chi connectivity index (χ4n) is 2.39. The summed E-state index contributed by atoms with van der Waals surface area (Å²) in [4.78, 5) is 0. The molecule has 0 bridgehead atoms. The molecule has 0 aliphatic carbocycles. The quantitative estimate of drug-likeness (QED) is 0.885. The van der Waals surface area contributed by atoms with Crippen molar-refractivity contribution >= 4 is 21.4 Å². The molecule has 1 saturated heterocycles. The van der Waals surface area contributed by atoms with Gasteiger partial charge >= 0.3 is 0 Å². The molecular weight excluding hydrogens is 286 g/mol. The zero-order chi connectivity index (χ0) is 13.9. The number of rotatable bonds is 4. The highest BCUT2D eigenvalue weighted by Gasteiger charge is 2.26. The van der Waals surface area contributed by atoms with Crippen molar-refractivity contribution in [3.8, 4) is 0 Å². The SMILES string of the molecule is O=S1(=O)CCCC(NC(CO)c2ccc(Cl)cc2)C1. The van der Waals surface area contributed by atoms with E-state index in [0.717, 1.165) is 12.0 Å². The van der Waals surface area contributed by atoms with Gasteiger partial charge in [0, 0.05) is 11.1 Å². The molecule has 1 aromatic carbocycles. The summed E-state index contributed by atoms with van der Waals surface area (Å²) in [5, 5.41) is 13.3. The predicted octanol–water partition coefficient (Wildman–Crippen LogP) is 1.54. The lowest BCUT2D eigenvalue weighted by molar-refractivity contribution is 0.232. The second-order valence-electron chi connectivity index (χ2n) is 4.91. The highest BCUT2D eigenvalue weighted by atomic mass is 35.5. The number of nitrogens with one attached hydrogen (secondary N) is 1. The minimum absolute atomic E-state index is 0.0713. The van der Waals surface area contributed by atoms with Gasteiger partial charge < -0.3 is 10.4 Å². The summed E-state index contributed by atoms with van der Waals surface area (Å²) in [7, 11) is -2.94. The first-order chi connectivity index (χ1) is 9.00. The highest BCUT2D eigenvalue weighted by Crippen LogP contribution is 2.20. The largest absolute Gasteiger partial charge is 0.394 e. The molecule has 0 amide bonds. The minimum atomic E-state index is -2.94. The van der Waals surface area contributed by atoms with Crippen molar-refractivity contribution in [2.45, 2.75) is 24.9 Å². The maximum absolute atomic E-state index is 11.6. The first kappa shape index (κ1) is 14.8. The number of sulfone groups is 1. The van der Waals surface area contributed by atoms with E-state index in [1.165, 1.54) is 0 Å². The fourth-order valence-corrected chi connectivity index (χ4v) is 4.16. The average molecular weight is 304 g/mol. The van der Waals surface area contributed by atoms with Gasteiger partial charge in [0.2, 0.25) is 0 Å². The summed E-state index contributed by atoms with van der Waals surface area (Å²) in [6, 6.07) is 6.86. The second kappa shape index (κ2) is 6.22. The van der Waals surface area contributed by atoms with Crippen LogP contribution < -0.4 is 5.32 Å². The van der Waals surface area contributed by atoms with E-state index in [2.05, 4.69) is 5.32 Å². The molecule has 1 aromatic rings. The summed E-state index contributed by atoms with van der Waals surface area (Å²) in [6.45, 7) is -0.0713. The third-order valence-electron chi connectivity index (χ3n) is 3.35. The van der Waals surface area contributed by atoms with Crippen LogP contribution in [0.5, 0.6) is 0 Å². The van der Waals surface area contributed by atoms with E-state index in [0.29, 0.717) is 11.4 Å². The van der Waals surface area contributed by atoms with Gasteiger partial charge in [-0.2, -0.15) is 0 Å². The molecule has 0 aromatic heterocycles. The average Bonchev–Trinajstić information content (AvgIpc) is 2.36. The van der Waals surface area contributed by atoms with Crippen molar-refractivity contribution in [2.75, 3.05) is 18.1 Å². The van der Waals surface area contributed by atoms with Crippen LogP contribution in [0, 0.1) is 0 Å². The third-order valence-corrected chi connectivity index (χ3v) is 5.43. The molecular formula is C13H18ClNO3S. The van der Waals surface area contributed by atoms with Crippen LogP contribution in [0.2, 0.25) is 5.02 Å². The molecule has 4 nitrogen and oxygen atoms in total. The van der Waals surface area contributed by atoms with Gasteiger partial charge in [-0.25, -0.2) is 8.42 Å². The highest BCUT2D eigenvalue weighted by molar-refractivity contribution is 7.91. The van der Waals surface area contributed by atoms with Crippen molar-refractivity contribution in [1.82, 2.24) is 5.32 Å². The van der Waals surface area contributed by atoms with E-state index in [1.807, 2.05) is 12.1 Å². The molecule has 106 valence electrons. The number of aliphatic hydroxyl groups excluding tert-OH is 1. The van der Waals surface area contributed by atoms with Crippen molar-refractivity contribution in [2.24, 2.45) is 0 Å². The summed E-state index contributed by atoms with van der Waals surface area (Å²) in [5.74, 6) is 0.424. The molecule has 6 heteroatoms. The fraction of sp³-hybridized carbons (Fsp3) is 0.538. The van der Waals surface area contributed by atoms with Crippen molar-refractivity contribution in [3.63, 3.8) is 0 Å². The Kier molecular flexibility index (Phi) is 4.84. The van der Waals surface area contributed by atoms with Gasteiger partial charge in [-0.3, -0.25) is 0 Å². The molecule has 1 fully saturated rings. The van der Waals surface area contributed by atoms with Gasteiger partial charge in [0.1, 0.15) is 0 Å². The van der Waals surface area contributed by atoms with Crippen LogP contribution in [-0.4, -0.2) is 37.7 Å². The zero-order valence-corrected chi connectivity index (χ0v) is 12.1. The molecule has 2 atom stereocenters. The van der Waals surface area contributed by atoms with Crippen LogP contribution in [-0.2, 0) is 9.84 Å². The zero-order valence-electron chi connectivity index (χ0n) is 10.5. The monoisotopic (exact) mass is 303 g/mol. The van der Waals surface area contributed by atoms with Crippen molar-refractivity contribution in [3.05, 3.63) is 34.9 Å². The minimum Gasteiger partial charge on any atom is -0.394 e. The summed E-state index contributed by atoms with van der Waals surface area (Å²) in [6.07, 6.45) is 1.50. The molecule has 1 heterocycles. The van der Waals surface area contributed by atoms with Crippen LogP contribution >= 0.6 is 11.6 Å². The lowest BCUT2D eigenvalue weighted by atomic mass is 10.1. The Labute approximate surface area is 118 Å². The van der Waals surface area contributed by atoms with Gasteiger partial charge in [-0.05, 0) is 30.5 Å². The second-order valence-corrected chi connectivity index (χ2v) is 7.57. The molecule has 0 saturated carbocycles. The van der Waals surface area contributed by atoms with Crippen molar-refractivity contribution < 1.29 is 13.5 Å². The van der Waals surface area contributed by atoms with Gasteiger partial charge in [0.05, 0.1) is 24.2 Å². The summed E-state index contributed by atoms with van der Waals surface area (Å²) >= 11 is 5.83. The standard InChI is InChI=1S/C13H18ClNO3S/c14-11-5-3-10(4-6-11)13(8-16)15-12-2-1-7-19(17,18)9-12/h3-6,12-13,15-16H,1-2,7-9H2. The molecule has 2 rings (SSSR count). The molecule has 0 spiro atoms. The van der Waals surface area contributed by atoms with Crippen LogP contribution in [0.4, 0.5) is 0 Å². The topological polar surface area (TPSA) is 66.4 Å². The first-order valence-corrected chi connectivity index (χ1v) is 8.53. The number of hydrogen-bond acceptors (Lipinski definition) is 4. The molecule has 0 radical (unpaired) electrons. The summed E-state index contributed by atoms with van der Waals surface area (Å²) in [5.41, 5.74) is 0.912. The van der Waals surface area contributed by atoms with Crippen LogP contribution in [0.1, 0.15) is 24.4 Å². The van der Waals surface area contributed by atoms with Gasteiger partial charge in [0.15, 0.2) is 9.84 Å². The number of aliphatic hydroxyl groups is 1. The van der Waals surface area contributed by atoms with Gasteiger partial charge in [0.25, 0.3) is 0 Å². The van der Waals surface area contributed by atoms with Gasteiger partial charge in [-0.15, -0.1) is 0 Å². The molecule has 2 unspecified atom stereocenters. The Hall–Kier alpha value is -0.620. The maximum atomic E-state index is 11.6. The van der Waals surface area contributed by atoms with E-state index in [4.69, 9.17) is 11.6 Å². The van der Waals surface area contributed by atoms with E-state index in [-0.39, 0.29) is 30.2 Å². The Morgan fingerprint density at radius 1 is 1.37 bits per heavy atom. The molecule has 19 heavy (non-hydrogen) atoms. The third kappa shape index (κ3) is 4.18. The Morgan fingerprint density at radius 3 is 2.63 bits per heavy atom. The van der Waals surface area contributed by atoms with E-state index in [1.54, 1.807) is 12.1 Å². The number of hydrogen-bond donors (Lipinski definition) is 2. The van der Waals surface area contributed by atoms with Crippen LogP contribution in [0.25, 0.3) is 0 Å². The Balaban J connectivity index is 2.05. The molecule has 1 aliphatic rings. The maximum Gasteiger partial charge on any atom is 0.151 e. The predicted molar refractivity (Wildman–Crippen MR) is 76.1 cm³/mol. The van der Waals surface area contributed by atoms with Crippen molar-refractivity contribution in [1.29, 1.82) is 0 Å². The number of benzene rings is 1. The Bertz CT molecular complexity index is 515. The normalized spacial score (nSPS) is 24.0. The smallest absolute Gasteiger partial charge is 0.151 e. The Morgan fingerprint density at radius 2 is 2.05 bits per heavy atom. The van der Waals surface area contributed by atoms with E-state index >= 15 is 0 Å². The lowest BCUT2D eigenvalue weighted by Crippen LogP contribution is -2.42. The summed E-state index contributed by atoms with van der Waals surface area (Å²) < 4.78 is 23.2. The molecule has 2 N–H and O–H groups in total. The first-order valence-electron chi connectivity index (χ1n) is 6.33. The van der Waals surface area contributed by atoms with E-state index < -0.39 is 9.84 Å². The lowest BCUT2D eigenvalue weighted by Gasteiger charge is -2.27. The van der Waals surface area contributed by atoms with Crippen LogP contribution in [0.15, 0.2) is 24.3 Å². The molecule has 1 aliphatic heterocycles. The number of halogens is 1.